The predicted octanol–water partition coefficient (Wildman–Crippen LogP) is 2.45. The van der Waals surface area contributed by atoms with Crippen molar-refractivity contribution in [3.63, 3.8) is 0 Å². The lowest BCUT2D eigenvalue weighted by Crippen LogP contribution is -2.36. The summed E-state index contributed by atoms with van der Waals surface area (Å²) in [4.78, 5) is 6.87. The fourth-order valence-electron chi connectivity index (χ4n) is 1.58. The van der Waals surface area contributed by atoms with Crippen LogP contribution in [0, 0.1) is 0 Å². The molecule has 120 valence electrons. The summed E-state index contributed by atoms with van der Waals surface area (Å²) in [5.74, 6) is -0.647. The quantitative estimate of drug-likeness (QED) is 0.716. The van der Waals surface area contributed by atoms with Crippen molar-refractivity contribution < 1.29 is 18.3 Å². The van der Waals surface area contributed by atoms with Gasteiger partial charge in [0.1, 0.15) is 11.6 Å². The maximum atomic E-state index is 12.7. The van der Waals surface area contributed by atoms with Crippen LogP contribution in [-0.2, 0) is 6.18 Å². The van der Waals surface area contributed by atoms with Crippen molar-refractivity contribution in [2.24, 2.45) is 0 Å². The molecule has 0 saturated carbocycles. The Morgan fingerprint density at radius 2 is 1.81 bits per heavy atom. The molecule has 1 heterocycles. The first kappa shape index (κ1) is 17.8. The van der Waals surface area contributed by atoms with Crippen molar-refractivity contribution in [2.75, 3.05) is 35.7 Å². The molecule has 1 unspecified atom stereocenters. The summed E-state index contributed by atoms with van der Waals surface area (Å²) in [6.07, 6.45) is -2.78. The maximum absolute atomic E-state index is 12.7. The second kappa shape index (κ2) is 7.17. The van der Waals surface area contributed by atoms with Gasteiger partial charge < -0.3 is 15.7 Å². The van der Waals surface area contributed by atoms with Crippen molar-refractivity contribution in [3.05, 3.63) is 11.9 Å². The molecule has 0 aliphatic heterocycles. The first-order valence-corrected chi connectivity index (χ1v) is 7.72. The molecule has 0 bridgehead atoms. The van der Waals surface area contributed by atoms with Gasteiger partial charge in [-0.3, -0.25) is 0 Å². The summed E-state index contributed by atoms with van der Waals surface area (Å²) < 4.78 is 38.2. The number of hydrogen-bond acceptors (Lipinski definition) is 6. The van der Waals surface area contributed by atoms with Crippen molar-refractivity contribution in [3.8, 4) is 0 Å². The van der Waals surface area contributed by atoms with Crippen molar-refractivity contribution >= 4 is 23.4 Å². The van der Waals surface area contributed by atoms with Crippen LogP contribution in [0.2, 0.25) is 0 Å². The summed E-state index contributed by atoms with van der Waals surface area (Å²) in [5.41, 5.74) is -1.04. The van der Waals surface area contributed by atoms with Gasteiger partial charge in [0.25, 0.3) is 0 Å². The Morgan fingerprint density at radius 1 is 1.24 bits per heavy atom. The van der Waals surface area contributed by atoms with E-state index in [4.69, 9.17) is 0 Å². The second-order valence-electron chi connectivity index (χ2n) is 4.77. The SMILES string of the molecule is CCNc1cc(NCC(C)(O)CSC)nc(C(F)(F)F)n1. The first-order chi connectivity index (χ1) is 9.68. The minimum Gasteiger partial charge on any atom is -0.387 e. The van der Waals surface area contributed by atoms with Gasteiger partial charge in [-0.25, -0.2) is 9.97 Å². The third kappa shape index (κ3) is 5.96. The Hall–Kier alpha value is -1.22. The summed E-state index contributed by atoms with van der Waals surface area (Å²) in [6.45, 7) is 3.89. The van der Waals surface area contributed by atoms with Gasteiger partial charge in [-0.15, -0.1) is 0 Å². The lowest BCUT2D eigenvalue weighted by atomic mass is 10.1. The van der Waals surface area contributed by atoms with Crippen LogP contribution in [0.4, 0.5) is 24.8 Å². The highest BCUT2D eigenvalue weighted by molar-refractivity contribution is 7.98. The zero-order valence-electron chi connectivity index (χ0n) is 12.1. The molecule has 3 N–H and O–H groups in total. The Balaban J connectivity index is 2.93. The van der Waals surface area contributed by atoms with E-state index < -0.39 is 17.6 Å². The summed E-state index contributed by atoms with van der Waals surface area (Å²) >= 11 is 1.45. The molecule has 0 aliphatic rings. The number of anilines is 2. The number of aromatic nitrogens is 2. The number of alkyl halides is 3. The minimum absolute atomic E-state index is 0.0228. The highest BCUT2D eigenvalue weighted by atomic mass is 32.2. The van der Waals surface area contributed by atoms with E-state index in [2.05, 4.69) is 20.6 Å². The molecule has 0 amide bonds. The van der Waals surface area contributed by atoms with Crippen LogP contribution in [0.5, 0.6) is 0 Å². The van der Waals surface area contributed by atoms with E-state index in [0.717, 1.165) is 0 Å². The van der Waals surface area contributed by atoms with Crippen molar-refractivity contribution in [1.82, 2.24) is 9.97 Å². The topological polar surface area (TPSA) is 70.1 Å². The van der Waals surface area contributed by atoms with E-state index in [1.54, 1.807) is 13.8 Å². The molecule has 0 aliphatic carbocycles. The zero-order valence-corrected chi connectivity index (χ0v) is 12.9. The molecule has 1 atom stereocenters. The van der Waals surface area contributed by atoms with Gasteiger partial charge in [0.15, 0.2) is 0 Å². The second-order valence-corrected chi connectivity index (χ2v) is 5.64. The molecule has 5 nitrogen and oxygen atoms in total. The van der Waals surface area contributed by atoms with Crippen molar-refractivity contribution in [1.29, 1.82) is 0 Å². The minimum atomic E-state index is -4.62. The Labute approximate surface area is 125 Å². The van der Waals surface area contributed by atoms with Gasteiger partial charge in [-0.05, 0) is 20.1 Å². The molecular weight excluding hydrogens is 305 g/mol. The number of nitrogens with zero attached hydrogens (tertiary/aromatic N) is 2. The lowest BCUT2D eigenvalue weighted by Gasteiger charge is -2.23. The van der Waals surface area contributed by atoms with Gasteiger partial charge >= 0.3 is 6.18 Å². The Bertz CT molecular complexity index is 468. The van der Waals surface area contributed by atoms with Crippen LogP contribution in [0.25, 0.3) is 0 Å². The average Bonchev–Trinajstić information content (AvgIpc) is 2.36. The molecule has 9 heteroatoms. The van der Waals surface area contributed by atoms with E-state index in [9.17, 15) is 18.3 Å². The number of hydrogen-bond donors (Lipinski definition) is 3. The van der Waals surface area contributed by atoms with Crippen LogP contribution in [0.15, 0.2) is 6.07 Å². The number of halogens is 3. The molecule has 21 heavy (non-hydrogen) atoms. The summed E-state index contributed by atoms with van der Waals surface area (Å²) in [5, 5.41) is 15.5. The highest BCUT2D eigenvalue weighted by Gasteiger charge is 2.35. The van der Waals surface area contributed by atoms with Gasteiger partial charge in [0.2, 0.25) is 5.82 Å². The van der Waals surface area contributed by atoms with Crippen LogP contribution in [0.3, 0.4) is 0 Å². The number of thioether (sulfide) groups is 1. The van der Waals surface area contributed by atoms with Crippen LogP contribution >= 0.6 is 11.8 Å². The fourth-order valence-corrected chi connectivity index (χ4v) is 2.30. The highest BCUT2D eigenvalue weighted by Crippen LogP contribution is 2.28. The van der Waals surface area contributed by atoms with E-state index in [1.807, 2.05) is 6.26 Å². The molecule has 1 rings (SSSR count). The Kier molecular flexibility index (Phi) is 6.09. The maximum Gasteiger partial charge on any atom is 0.451 e. The van der Waals surface area contributed by atoms with Crippen LogP contribution < -0.4 is 10.6 Å². The summed E-state index contributed by atoms with van der Waals surface area (Å²) in [6, 6.07) is 1.38. The molecule has 0 aromatic carbocycles. The Morgan fingerprint density at radius 3 is 2.29 bits per heavy atom. The third-order valence-corrected chi connectivity index (χ3v) is 3.35. The largest absolute Gasteiger partial charge is 0.451 e. The van der Waals surface area contributed by atoms with E-state index in [0.29, 0.717) is 12.3 Å². The summed E-state index contributed by atoms with van der Waals surface area (Å²) in [7, 11) is 0. The van der Waals surface area contributed by atoms with Gasteiger partial charge in [-0.1, -0.05) is 0 Å². The fraction of sp³-hybridized carbons (Fsp3) is 0.667. The molecule has 0 radical (unpaired) electrons. The van der Waals surface area contributed by atoms with Crippen LogP contribution in [0.1, 0.15) is 19.7 Å². The van der Waals surface area contributed by atoms with E-state index in [-0.39, 0.29) is 18.2 Å². The average molecular weight is 324 g/mol. The normalized spacial score (nSPS) is 14.6. The third-order valence-electron chi connectivity index (χ3n) is 2.44. The van der Waals surface area contributed by atoms with Gasteiger partial charge in [0, 0.05) is 24.9 Å². The van der Waals surface area contributed by atoms with Crippen LogP contribution in [-0.4, -0.2) is 45.8 Å². The van der Waals surface area contributed by atoms with Gasteiger partial charge in [0.05, 0.1) is 5.60 Å². The smallest absolute Gasteiger partial charge is 0.387 e. The monoisotopic (exact) mass is 324 g/mol. The molecule has 0 spiro atoms. The number of aliphatic hydroxyl groups is 1. The van der Waals surface area contributed by atoms with E-state index >= 15 is 0 Å². The number of rotatable bonds is 7. The zero-order chi connectivity index (χ0) is 16.1. The van der Waals surface area contributed by atoms with Crippen molar-refractivity contribution in [2.45, 2.75) is 25.6 Å². The molecule has 0 saturated heterocycles. The van der Waals surface area contributed by atoms with Gasteiger partial charge in [-0.2, -0.15) is 24.9 Å². The molecular formula is C12H19F3N4OS. The molecule has 0 fully saturated rings. The standard InChI is InChI=1S/C12H19F3N4OS/c1-4-16-8-5-9(17-6-11(2,20)7-21-3)19-10(18-8)12(13,14)15/h5,20H,4,6-7H2,1-3H3,(H2,16,17,18,19). The molecule has 1 aromatic rings. The predicted molar refractivity (Wildman–Crippen MR) is 78.7 cm³/mol. The number of nitrogens with one attached hydrogen (secondary N) is 2. The first-order valence-electron chi connectivity index (χ1n) is 6.33. The lowest BCUT2D eigenvalue weighted by molar-refractivity contribution is -0.144. The molecule has 1 aromatic heterocycles. The van der Waals surface area contributed by atoms with E-state index in [1.165, 1.54) is 17.8 Å².